The molecule has 0 atom stereocenters. The van der Waals surface area contributed by atoms with E-state index in [1.165, 1.54) is 35.6 Å². The molecule has 39 heavy (non-hydrogen) atoms. The highest BCUT2D eigenvalue weighted by Crippen LogP contribution is 2.33. The van der Waals surface area contributed by atoms with Gasteiger partial charge in [0, 0.05) is 56.3 Å². The number of carbonyl (C=O) groups is 2. The highest BCUT2D eigenvalue weighted by Gasteiger charge is 2.32. The maximum absolute atomic E-state index is 14.2. The van der Waals surface area contributed by atoms with Crippen LogP contribution in [0.2, 0.25) is 5.02 Å². The van der Waals surface area contributed by atoms with Gasteiger partial charge < -0.3 is 14.7 Å². The van der Waals surface area contributed by atoms with Crippen molar-refractivity contribution in [2.45, 2.75) is 24.9 Å². The first kappa shape index (κ1) is 27.4. The first-order chi connectivity index (χ1) is 18.6. The van der Waals surface area contributed by atoms with Crippen LogP contribution in [0.5, 0.6) is 0 Å². The Labute approximate surface area is 231 Å². The molecule has 0 spiro atoms. The minimum Gasteiger partial charge on any atom is -0.368 e. The third-order valence-electron chi connectivity index (χ3n) is 7.15. The largest absolute Gasteiger partial charge is 0.416 e. The van der Waals surface area contributed by atoms with E-state index >= 15 is 0 Å². The number of hydrogen-bond acceptors (Lipinski definition) is 5. The SMILES string of the molecule is O=C(c1csc(C2CCN(C(=O)c3c(F)cccc3Cl)CC2)n1)N1CCN(c2cccc(C(F)(F)F)c2)CC1. The van der Waals surface area contributed by atoms with Gasteiger partial charge >= 0.3 is 6.18 Å². The molecule has 2 aliphatic rings. The average molecular weight is 581 g/mol. The van der Waals surface area contributed by atoms with Gasteiger partial charge in [-0.3, -0.25) is 9.59 Å². The molecule has 206 valence electrons. The Kier molecular flexibility index (Phi) is 7.82. The van der Waals surface area contributed by atoms with E-state index in [-0.39, 0.29) is 22.4 Å². The Morgan fingerprint density at radius 3 is 2.26 bits per heavy atom. The highest BCUT2D eigenvalue weighted by molar-refractivity contribution is 7.09. The minimum absolute atomic E-state index is 0.0782. The summed E-state index contributed by atoms with van der Waals surface area (Å²) in [6.07, 6.45) is -3.14. The minimum atomic E-state index is -4.41. The van der Waals surface area contributed by atoms with Gasteiger partial charge in [-0.25, -0.2) is 9.37 Å². The quantitative estimate of drug-likeness (QED) is 0.359. The summed E-state index contributed by atoms with van der Waals surface area (Å²) < 4.78 is 53.4. The van der Waals surface area contributed by atoms with Crippen molar-refractivity contribution < 1.29 is 27.2 Å². The van der Waals surface area contributed by atoms with Crippen molar-refractivity contribution in [1.82, 2.24) is 14.8 Å². The maximum atomic E-state index is 14.2. The molecule has 2 aliphatic heterocycles. The van der Waals surface area contributed by atoms with Crippen molar-refractivity contribution in [3.63, 3.8) is 0 Å². The number of nitrogens with zero attached hydrogens (tertiary/aromatic N) is 4. The summed E-state index contributed by atoms with van der Waals surface area (Å²) in [6, 6.07) is 9.37. The molecular formula is C27H25ClF4N4O2S. The van der Waals surface area contributed by atoms with E-state index in [1.54, 1.807) is 21.2 Å². The number of alkyl halides is 3. The number of thiazole rings is 1. The first-order valence-electron chi connectivity index (χ1n) is 12.5. The number of aromatic nitrogens is 1. The number of likely N-dealkylation sites (tertiary alicyclic amines) is 1. The van der Waals surface area contributed by atoms with Crippen LogP contribution < -0.4 is 4.90 Å². The van der Waals surface area contributed by atoms with Gasteiger partial charge in [0.2, 0.25) is 0 Å². The van der Waals surface area contributed by atoms with Crippen molar-refractivity contribution >= 4 is 40.4 Å². The van der Waals surface area contributed by atoms with Crippen LogP contribution in [-0.4, -0.2) is 65.9 Å². The van der Waals surface area contributed by atoms with E-state index in [9.17, 15) is 27.2 Å². The maximum Gasteiger partial charge on any atom is 0.416 e. The lowest BCUT2D eigenvalue weighted by atomic mass is 9.97. The number of carbonyl (C=O) groups excluding carboxylic acids is 2. The van der Waals surface area contributed by atoms with E-state index < -0.39 is 23.5 Å². The van der Waals surface area contributed by atoms with Crippen LogP contribution in [0.3, 0.4) is 0 Å². The Hall–Kier alpha value is -3.18. The number of benzene rings is 2. The normalized spacial score (nSPS) is 17.0. The van der Waals surface area contributed by atoms with E-state index in [0.717, 1.165) is 17.1 Å². The lowest BCUT2D eigenvalue weighted by molar-refractivity contribution is -0.137. The Bertz CT molecular complexity index is 1350. The molecule has 6 nitrogen and oxygen atoms in total. The molecular weight excluding hydrogens is 556 g/mol. The van der Waals surface area contributed by atoms with Gasteiger partial charge in [-0.2, -0.15) is 13.2 Å². The molecule has 5 rings (SSSR count). The smallest absolute Gasteiger partial charge is 0.368 e. The molecule has 2 saturated heterocycles. The second kappa shape index (κ2) is 11.1. The summed E-state index contributed by atoms with van der Waals surface area (Å²) in [5, 5.41) is 2.63. The fourth-order valence-corrected chi connectivity index (χ4v) is 6.18. The fourth-order valence-electron chi connectivity index (χ4n) is 4.97. The predicted molar refractivity (Wildman–Crippen MR) is 141 cm³/mol. The van der Waals surface area contributed by atoms with Gasteiger partial charge in [-0.05, 0) is 43.2 Å². The predicted octanol–water partition coefficient (Wildman–Crippen LogP) is 5.94. The van der Waals surface area contributed by atoms with Crippen LogP contribution in [0.1, 0.15) is 50.2 Å². The summed E-state index contributed by atoms with van der Waals surface area (Å²) in [4.78, 5) is 35.6. The fraction of sp³-hybridized carbons (Fsp3) is 0.370. The van der Waals surface area contributed by atoms with Crippen LogP contribution in [0, 0.1) is 5.82 Å². The Balaban J connectivity index is 1.16. The number of hydrogen-bond donors (Lipinski definition) is 0. The molecule has 3 aromatic rings. The second-order valence-electron chi connectivity index (χ2n) is 9.56. The summed E-state index contributed by atoms with van der Waals surface area (Å²) in [6.45, 7) is 2.44. The average Bonchev–Trinajstić information content (AvgIpc) is 3.43. The molecule has 0 N–H and O–H groups in total. The van der Waals surface area contributed by atoms with Gasteiger partial charge in [0.1, 0.15) is 11.5 Å². The summed E-state index contributed by atoms with van der Waals surface area (Å²) in [5.41, 5.74) is 0.0155. The zero-order valence-electron chi connectivity index (χ0n) is 20.8. The van der Waals surface area contributed by atoms with Crippen LogP contribution in [0.4, 0.5) is 23.2 Å². The Morgan fingerprint density at radius 1 is 0.923 bits per heavy atom. The van der Waals surface area contributed by atoms with Gasteiger partial charge in [-0.1, -0.05) is 23.7 Å². The zero-order chi connectivity index (χ0) is 27.7. The molecule has 0 bridgehead atoms. The first-order valence-corrected chi connectivity index (χ1v) is 13.8. The second-order valence-corrected chi connectivity index (χ2v) is 10.9. The molecule has 2 fully saturated rings. The van der Waals surface area contributed by atoms with Crippen LogP contribution in [0.25, 0.3) is 0 Å². The molecule has 2 aromatic carbocycles. The van der Waals surface area contributed by atoms with Crippen molar-refractivity contribution in [3.05, 3.63) is 80.5 Å². The molecule has 0 radical (unpaired) electrons. The third-order valence-corrected chi connectivity index (χ3v) is 8.48. The molecule has 2 amide bonds. The number of rotatable bonds is 4. The van der Waals surface area contributed by atoms with Crippen molar-refractivity contribution in [2.24, 2.45) is 0 Å². The van der Waals surface area contributed by atoms with Crippen LogP contribution >= 0.6 is 22.9 Å². The van der Waals surface area contributed by atoms with Gasteiger partial charge in [-0.15, -0.1) is 11.3 Å². The van der Waals surface area contributed by atoms with Crippen LogP contribution in [0.15, 0.2) is 47.8 Å². The van der Waals surface area contributed by atoms with Gasteiger partial charge in [0.15, 0.2) is 0 Å². The van der Waals surface area contributed by atoms with Crippen LogP contribution in [-0.2, 0) is 6.18 Å². The van der Waals surface area contributed by atoms with Gasteiger partial charge in [0.05, 0.1) is 21.2 Å². The van der Waals surface area contributed by atoms with E-state index in [0.29, 0.717) is 63.5 Å². The van der Waals surface area contributed by atoms with Gasteiger partial charge in [0.25, 0.3) is 11.8 Å². The number of halogens is 5. The monoisotopic (exact) mass is 580 g/mol. The topological polar surface area (TPSA) is 56.8 Å². The third kappa shape index (κ3) is 5.89. The van der Waals surface area contributed by atoms with Crippen molar-refractivity contribution in [3.8, 4) is 0 Å². The van der Waals surface area contributed by atoms with E-state index in [1.807, 2.05) is 4.90 Å². The molecule has 1 aromatic heterocycles. The summed E-state index contributed by atoms with van der Waals surface area (Å²) in [5.74, 6) is -1.21. The number of piperazine rings is 1. The molecule has 0 saturated carbocycles. The van der Waals surface area contributed by atoms with Crippen molar-refractivity contribution in [2.75, 3.05) is 44.2 Å². The Morgan fingerprint density at radius 2 is 1.59 bits per heavy atom. The lowest BCUT2D eigenvalue weighted by Gasteiger charge is -2.36. The number of piperidine rings is 1. The molecule has 3 heterocycles. The molecule has 12 heteroatoms. The summed E-state index contributed by atoms with van der Waals surface area (Å²) in [7, 11) is 0. The van der Waals surface area contributed by atoms with E-state index in [4.69, 9.17) is 11.6 Å². The molecule has 0 unspecified atom stereocenters. The molecule has 0 aliphatic carbocycles. The number of anilines is 1. The standard InChI is InChI=1S/C27H25ClF4N4O2S/c28-20-5-2-6-21(29)23(20)26(38)35-9-7-17(8-10-35)24-33-22(16-39-24)25(37)36-13-11-34(12-14-36)19-4-1-3-18(15-19)27(30,31)32/h1-6,15-17H,7-14H2. The highest BCUT2D eigenvalue weighted by atomic mass is 35.5. The number of amides is 2. The van der Waals surface area contributed by atoms with Crippen molar-refractivity contribution in [1.29, 1.82) is 0 Å². The zero-order valence-corrected chi connectivity index (χ0v) is 22.3. The lowest BCUT2D eigenvalue weighted by Crippen LogP contribution is -2.49. The summed E-state index contributed by atoms with van der Waals surface area (Å²) >= 11 is 7.45. The van der Waals surface area contributed by atoms with E-state index in [2.05, 4.69) is 4.98 Å².